The van der Waals surface area contributed by atoms with E-state index in [4.69, 9.17) is 9.47 Å². The Morgan fingerprint density at radius 2 is 2.48 bits per heavy atom. The molecular formula is C15H20N2O3S. The first-order valence-electron chi connectivity index (χ1n) is 7.60. The highest BCUT2D eigenvalue weighted by Gasteiger charge is 2.52. The highest BCUT2D eigenvalue weighted by Crippen LogP contribution is 2.42. The summed E-state index contributed by atoms with van der Waals surface area (Å²) < 4.78 is 11.6. The van der Waals surface area contributed by atoms with Gasteiger partial charge in [0.15, 0.2) is 0 Å². The molecule has 2 saturated heterocycles. The SMILES string of the molecule is O=C(c1cscn1)N1C[C@@H]2COC[C@]2(COCC2CC2)C1. The van der Waals surface area contributed by atoms with Gasteiger partial charge in [-0.05, 0) is 18.8 Å². The van der Waals surface area contributed by atoms with Crippen LogP contribution in [0.2, 0.25) is 0 Å². The van der Waals surface area contributed by atoms with Gasteiger partial charge in [-0.2, -0.15) is 0 Å². The van der Waals surface area contributed by atoms with Crippen molar-refractivity contribution in [2.45, 2.75) is 12.8 Å². The fourth-order valence-corrected chi connectivity index (χ4v) is 3.91. The first kappa shape index (κ1) is 13.7. The average molecular weight is 308 g/mol. The molecule has 1 aromatic rings. The van der Waals surface area contributed by atoms with E-state index in [2.05, 4.69) is 4.98 Å². The molecule has 2 atom stereocenters. The van der Waals surface area contributed by atoms with Gasteiger partial charge in [0.25, 0.3) is 5.91 Å². The van der Waals surface area contributed by atoms with E-state index in [1.807, 2.05) is 10.3 Å². The number of likely N-dealkylation sites (tertiary alicyclic amines) is 1. The summed E-state index contributed by atoms with van der Waals surface area (Å²) in [6.07, 6.45) is 2.61. The van der Waals surface area contributed by atoms with Crippen molar-refractivity contribution < 1.29 is 14.3 Å². The maximum Gasteiger partial charge on any atom is 0.273 e. The van der Waals surface area contributed by atoms with Gasteiger partial charge in [-0.1, -0.05) is 0 Å². The number of ether oxygens (including phenoxy) is 2. The van der Waals surface area contributed by atoms with Crippen LogP contribution < -0.4 is 0 Å². The third-order valence-electron chi connectivity index (χ3n) is 4.90. The van der Waals surface area contributed by atoms with Crippen LogP contribution >= 0.6 is 11.3 Å². The standard InChI is InChI=1S/C15H20N2O3S/c18-14(13-6-21-10-16-13)17-3-12-5-20-9-15(12,7-17)8-19-4-11-1-2-11/h6,10-12H,1-5,7-9H2/t12-,15-/m1/s1. The molecule has 21 heavy (non-hydrogen) atoms. The predicted octanol–water partition coefficient (Wildman–Crippen LogP) is 1.66. The first-order chi connectivity index (χ1) is 10.3. The van der Waals surface area contributed by atoms with Crippen molar-refractivity contribution in [3.63, 3.8) is 0 Å². The average Bonchev–Trinajstić information content (AvgIpc) is 2.91. The van der Waals surface area contributed by atoms with Crippen LogP contribution in [0.5, 0.6) is 0 Å². The Hall–Kier alpha value is -0.980. The molecule has 0 radical (unpaired) electrons. The summed E-state index contributed by atoms with van der Waals surface area (Å²) in [5.74, 6) is 1.22. The van der Waals surface area contributed by atoms with Gasteiger partial charge in [0.2, 0.25) is 0 Å². The second-order valence-electron chi connectivity index (χ2n) is 6.59. The number of rotatable bonds is 5. The Morgan fingerprint density at radius 3 is 3.24 bits per heavy atom. The predicted molar refractivity (Wildman–Crippen MR) is 78.3 cm³/mol. The van der Waals surface area contributed by atoms with Crippen LogP contribution in [0.3, 0.4) is 0 Å². The molecule has 3 heterocycles. The molecule has 5 nitrogen and oxygen atoms in total. The van der Waals surface area contributed by atoms with Gasteiger partial charge in [0.1, 0.15) is 5.69 Å². The lowest BCUT2D eigenvalue weighted by Gasteiger charge is -2.26. The number of carbonyl (C=O) groups excluding carboxylic acids is 1. The zero-order valence-electron chi connectivity index (χ0n) is 12.0. The number of fused-ring (bicyclic) bond motifs is 1. The molecule has 0 aromatic carbocycles. The second kappa shape index (κ2) is 5.34. The molecular weight excluding hydrogens is 288 g/mol. The van der Waals surface area contributed by atoms with Crippen LogP contribution in [-0.4, -0.2) is 55.3 Å². The summed E-state index contributed by atoms with van der Waals surface area (Å²) in [5, 5.41) is 1.82. The third-order valence-corrected chi connectivity index (χ3v) is 5.49. The maximum atomic E-state index is 12.5. The van der Waals surface area contributed by atoms with Gasteiger partial charge in [0.05, 0.1) is 25.3 Å². The van der Waals surface area contributed by atoms with Crippen LogP contribution in [-0.2, 0) is 9.47 Å². The van der Waals surface area contributed by atoms with Crippen molar-refractivity contribution in [2.75, 3.05) is 39.5 Å². The Balaban J connectivity index is 1.42. The Labute approximate surface area is 128 Å². The summed E-state index contributed by atoms with van der Waals surface area (Å²) in [4.78, 5) is 18.5. The lowest BCUT2D eigenvalue weighted by molar-refractivity contribution is 0.0222. The van der Waals surface area contributed by atoms with Crippen molar-refractivity contribution in [3.8, 4) is 0 Å². The van der Waals surface area contributed by atoms with Crippen LogP contribution in [0.15, 0.2) is 10.9 Å². The van der Waals surface area contributed by atoms with Crippen molar-refractivity contribution >= 4 is 17.2 Å². The molecule has 3 aliphatic rings. The summed E-state index contributed by atoms with van der Waals surface area (Å²) >= 11 is 1.46. The number of aromatic nitrogens is 1. The van der Waals surface area contributed by atoms with E-state index >= 15 is 0 Å². The lowest BCUT2D eigenvalue weighted by atomic mass is 9.82. The Kier molecular flexibility index (Phi) is 3.47. The highest BCUT2D eigenvalue weighted by atomic mass is 32.1. The molecule has 0 spiro atoms. The van der Waals surface area contributed by atoms with Gasteiger partial charge in [-0.25, -0.2) is 4.98 Å². The summed E-state index contributed by atoms with van der Waals surface area (Å²) in [6.45, 7) is 4.54. The Morgan fingerprint density at radius 1 is 1.57 bits per heavy atom. The zero-order chi connectivity index (χ0) is 14.3. The fourth-order valence-electron chi connectivity index (χ4n) is 3.38. The van der Waals surface area contributed by atoms with E-state index in [9.17, 15) is 4.79 Å². The number of hydrogen-bond donors (Lipinski definition) is 0. The van der Waals surface area contributed by atoms with Crippen LogP contribution in [0.4, 0.5) is 0 Å². The smallest absolute Gasteiger partial charge is 0.273 e. The largest absolute Gasteiger partial charge is 0.380 e. The second-order valence-corrected chi connectivity index (χ2v) is 7.31. The van der Waals surface area contributed by atoms with E-state index in [1.165, 1.54) is 24.2 Å². The maximum absolute atomic E-state index is 12.5. The molecule has 4 rings (SSSR count). The monoisotopic (exact) mass is 308 g/mol. The molecule has 0 unspecified atom stereocenters. The van der Waals surface area contributed by atoms with Gasteiger partial charge in [0, 0.05) is 36.4 Å². The fraction of sp³-hybridized carbons (Fsp3) is 0.733. The number of carbonyl (C=O) groups is 1. The molecule has 3 fully saturated rings. The van der Waals surface area contributed by atoms with Crippen molar-refractivity contribution in [1.29, 1.82) is 0 Å². The van der Waals surface area contributed by atoms with Gasteiger partial charge < -0.3 is 14.4 Å². The topological polar surface area (TPSA) is 51.7 Å². The molecule has 2 aliphatic heterocycles. The number of thiazole rings is 1. The van der Waals surface area contributed by atoms with E-state index in [0.717, 1.165) is 38.8 Å². The minimum Gasteiger partial charge on any atom is -0.380 e. The van der Waals surface area contributed by atoms with E-state index < -0.39 is 0 Å². The van der Waals surface area contributed by atoms with E-state index in [-0.39, 0.29) is 11.3 Å². The minimum atomic E-state index is 0.000567. The molecule has 0 bridgehead atoms. The molecule has 1 saturated carbocycles. The quantitative estimate of drug-likeness (QED) is 0.830. The molecule has 1 aromatic heterocycles. The number of nitrogens with zero attached hydrogens (tertiary/aromatic N) is 2. The molecule has 6 heteroatoms. The van der Waals surface area contributed by atoms with Gasteiger partial charge in [-0.15, -0.1) is 11.3 Å². The molecule has 1 amide bonds. The minimum absolute atomic E-state index is 0.000567. The molecule has 1 aliphatic carbocycles. The third kappa shape index (κ3) is 2.60. The highest BCUT2D eigenvalue weighted by molar-refractivity contribution is 7.07. The number of amides is 1. The summed E-state index contributed by atoms with van der Waals surface area (Å²) in [7, 11) is 0. The lowest BCUT2D eigenvalue weighted by Crippen LogP contribution is -2.37. The molecule has 0 N–H and O–H groups in total. The summed E-state index contributed by atoms with van der Waals surface area (Å²) in [6, 6.07) is 0. The molecule has 114 valence electrons. The van der Waals surface area contributed by atoms with Gasteiger partial charge in [-0.3, -0.25) is 4.79 Å². The van der Waals surface area contributed by atoms with Crippen LogP contribution in [0, 0.1) is 17.3 Å². The van der Waals surface area contributed by atoms with E-state index in [0.29, 0.717) is 18.2 Å². The van der Waals surface area contributed by atoms with Gasteiger partial charge >= 0.3 is 0 Å². The van der Waals surface area contributed by atoms with Crippen molar-refractivity contribution in [3.05, 3.63) is 16.6 Å². The normalized spacial score (nSPS) is 31.6. The summed E-state index contributed by atoms with van der Waals surface area (Å²) in [5.41, 5.74) is 2.28. The Bertz CT molecular complexity index is 517. The van der Waals surface area contributed by atoms with Crippen molar-refractivity contribution in [1.82, 2.24) is 9.88 Å². The van der Waals surface area contributed by atoms with Crippen molar-refractivity contribution in [2.24, 2.45) is 17.3 Å². The zero-order valence-corrected chi connectivity index (χ0v) is 12.8. The van der Waals surface area contributed by atoms with E-state index in [1.54, 1.807) is 5.51 Å². The van der Waals surface area contributed by atoms with Crippen LogP contribution in [0.1, 0.15) is 23.3 Å². The number of hydrogen-bond acceptors (Lipinski definition) is 5. The first-order valence-corrected chi connectivity index (χ1v) is 8.54. The van der Waals surface area contributed by atoms with Crippen LogP contribution in [0.25, 0.3) is 0 Å².